The molecule has 3 rings (SSSR count). The number of fused-ring (bicyclic) bond motifs is 1. The first kappa shape index (κ1) is 19.4. The Morgan fingerprint density at radius 3 is 2.32 bits per heavy atom. The minimum atomic E-state index is -0.508. The molecule has 6 nitrogen and oxygen atoms in total. The second-order valence-corrected chi connectivity index (χ2v) is 6.13. The molecule has 0 fully saturated rings. The Morgan fingerprint density at radius 2 is 1.64 bits per heavy atom. The fraction of sp³-hybridized carbons (Fsp3) is 0.227. The summed E-state index contributed by atoms with van der Waals surface area (Å²) in [5.41, 5.74) is 1.92. The average molecular weight is 379 g/mol. The van der Waals surface area contributed by atoms with E-state index in [2.05, 4.69) is 0 Å². The van der Waals surface area contributed by atoms with E-state index in [0.29, 0.717) is 27.6 Å². The molecule has 0 saturated heterocycles. The summed E-state index contributed by atoms with van der Waals surface area (Å²) in [4.78, 5) is 37.2. The summed E-state index contributed by atoms with van der Waals surface area (Å²) in [6.45, 7) is 3.91. The van der Waals surface area contributed by atoms with Crippen LogP contribution in [0.15, 0.2) is 54.7 Å². The third-order valence-corrected chi connectivity index (χ3v) is 4.29. The molecule has 0 spiro atoms. The highest BCUT2D eigenvalue weighted by Crippen LogP contribution is 2.24. The molecule has 0 aliphatic carbocycles. The number of hydrogen-bond donors (Lipinski definition) is 0. The minimum Gasteiger partial charge on any atom is -0.466 e. The van der Waals surface area contributed by atoms with Gasteiger partial charge in [-0.05, 0) is 49.7 Å². The zero-order valence-corrected chi connectivity index (χ0v) is 15.8. The molecule has 0 unspecified atom stereocenters. The average Bonchev–Trinajstić information content (AvgIpc) is 3.10. The van der Waals surface area contributed by atoms with Crippen LogP contribution in [-0.2, 0) is 20.7 Å². The molecular formula is C22H21NO5. The molecule has 0 radical (unpaired) electrons. The van der Waals surface area contributed by atoms with Crippen LogP contribution in [0.3, 0.4) is 0 Å². The molecule has 0 bridgehead atoms. The van der Waals surface area contributed by atoms with Crippen LogP contribution in [-0.4, -0.2) is 35.6 Å². The normalized spacial score (nSPS) is 10.6. The van der Waals surface area contributed by atoms with E-state index in [1.807, 2.05) is 6.07 Å². The summed E-state index contributed by atoms with van der Waals surface area (Å²) in [6, 6.07) is 14.0. The molecule has 0 saturated carbocycles. The monoisotopic (exact) mass is 379 g/mol. The first-order chi connectivity index (χ1) is 13.5. The molecule has 6 heteroatoms. The van der Waals surface area contributed by atoms with Crippen LogP contribution >= 0.6 is 0 Å². The van der Waals surface area contributed by atoms with Crippen molar-refractivity contribution in [2.75, 3.05) is 13.2 Å². The zero-order valence-electron chi connectivity index (χ0n) is 15.8. The number of rotatable bonds is 6. The maximum atomic E-state index is 12.9. The number of aromatic nitrogens is 1. The fourth-order valence-corrected chi connectivity index (χ4v) is 3.04. The molecule has 0 N–H and O–H groups in total. The third-order valence-electron chi connectivity index (χ3n) is 4.29. The summed E-state index contributed by atoms with van der Waals surface area (Å²) >= 11 is 0. The summed E-state index contributed by atoms with van der Waals surface area (Å²) in [7, 11) is 0. The number of carbonyl (C=O) groups excluding carboxylic acids is 3. The van der Waals surface area contributed by atoms with E-state index in [4.69, 9.17) is 9.47 Å². The Bertz CT molecular complexity index is 1020. The highest BCUT2D eigenvalue weighted by molar-refractivity contribution is 6.04. The van der Waals surface area contributed by atoms with Gasteiger partial charge in [-0.2, -0.15) is 0 Å². The number of esters is 2. The standard InChI is InChI=1S/C22H21NO5/c1-3-27-20(24)14-17-13-19-16(12-18(17)22(26)28-4-2)10-11-23(19)21(25)15-8-6-5-7-9-15/h5-13H,3-4,14H2,1-2H3. The quantitative estimate of drug-likeness (QED) is 0.612. The molecule has 144 valence electrons. The summed E-state index contributed by atoms with van der Waals surface area (Å²) < 4.78 is 11.6. The van der Waals surface area contributed by atoms with E-state index in [1.54, 1.807) is 62.5 Å². The van der Waals surface area contributed by atoms with E-state index in [-0.39, 0.29) is 25.5 Å². The number of nitrogens with zero attached hydrogens (tertiary/aromatic N) is 1. The van der Waals surface area contributed by atoms with Gasteiger partial charge in [0.25, 0.3) is 5.91 Å². The van der Waals surface area contributed by atoms with Gasteiger partial charge in [0.05, 0.1) is 30.7 Å². The van der Waals surface area contributed by atoms with Gasteiger partial charge in [-0.1, -0.05) is 18.2 Å². The van der Waals surface area contributed by atoms with Crippen molar-refractivity contribution in [3.63, 3.8) is 0 Å². The Balaban J connectivity index is 2.09. The lowest BCUT2D eigenvalue weighted by Crippen LogP contribution is -2.15. The van der Waals surface area contributed by atoms with Gasteiger partial charge in [0, 0.05) is 17.1 Å². The van der Waals surface area contributed by atoms with Gasteiger partial charge in [0.1, 0.15) is 0 Å². The lowest BCUT2D eigenvalue weighted by molar-refractivity contribution is -0.142. The number of carbonyl (C=O) groups is 3. The predicted molar refractivity (Wildman–Crippen MR) is 104 cm³/mol. The Morgan fingerprint density at radius 1 is 0.929 bits per heavy atom. The van der Waals surface area contributed by atoms with Crippen LogP contribution in [0.2, 0.25) is 0 Å². The third kappa shape index (κ3) is 3.96. The van der Waals surface area contributed by atoms with Crippen LogP contribution in [0.1, 0.15) is 40.1 Å². The van der Waals surface area contributed by atoms with Crippen molar-refractivity contribution >= 4 is 28.7 Å². The molecule has 0 aliphatic heterocycles. The van der Waals surface area contributed by atoms with Crippen LogP contribution in [0, 0.1) is 0 Å². The second-order valence-electron chi connectivity index (χ2n) is 6.13. The predicted octanol–water partition coefficient (Wildman–Crippen LogP) is 3.61. The smallest absolute Gasteiger partial charge is 0.338 e. The Hall–Kier alpha value is -3.41. The van der Waals surface area contributed by atoms with Crippen LogP contribution in [0.4, 0.5) is 0 Å². The van der Waals surface area contributed by atoms with Gasteiger partial charge >= 0.3 is 11.9 Å². The van der Waals surface area contributed by atoms with Gasteiger partial charge in [-0.3, -0.25) is 14.2 Å². The van der Waals surface area contributed by atoms with Crippen molar-refractivity contribution in [3.8, 4) is 0 Å². The van der Waals surface area contributed by atoms with E-state index in [1.165, 1.54) is 4.57 Å². The Labute approximate surface area is 162 Å². The highest BCUT2D eigenvalue weighted by Gasteiger charge is 2.20. The minimum absolute atomic E-state index is 0.0807. The summed E-state index contributed by atoms with van der Waals surface area (Å²) in [5, 5.41) is 0.708. The zero-order chi connectivity index (χ0) is 20.1. The second kappa shape index (κ2) is 8.52. The highest BCUT2D eigenvalue weighted by atomic mass is 16.5. The SMILES string of the molecule is CCOC(=O)Cc1cc2c(ccn2C(=O)c2ccccc2)cc1C(=O)OCC. The fourth-order valence-electron chi connectivity index (χ4n) is 3.04. The van der Waals surface area contributed by atoms with E-state index >= 15 is 0 Å². The number of ether oxygens (including phenoxy) is 2. The first-order valence-electron chi connectivity index (χ1n) is 9.11. The maximum Gasteiger partial charge on any atom is 0.338 e. The molecule has 28 heavy (non-hydrogen) atoms. The van der Waals surface area contributed by atoms with Crippen LogP contribution in [0.25, 0.3) is 10.9 Å². The van der Waals surface area contributed by atoms with Gasteiger partial charge < -0.3 is 9.47 Å². The molecule has 0 amide bonds. The molecular weight excluding hydrogens is 358 g/mol. The molecule has 0 atom stereocenters. The maximum absolute atomic E-state index is 12.9. The van der Waals surface area contributed by atoms with Crippen molar-refractivity contribution in [1.82, 2.24) is 4.57 Å². The molecule has 2 aromatic carbocycles. The van der Waals surface area contributed by atoms with Crippen molar-refractivity contribution in [2.24, 2.45) is 0 Å². The van der Waals surface area contributed by atoms with E-state index in [0.717, 1.165) is 0 Å². The van der Waals surface area contributed by atoms with Crippen molar-refractivity contribution in [1.29, 1.82) is 0 Å². The van der Waals surface area contributed by atoms with Gasteiger partial charge in [-0.15, -0.1) is 0 Å². The van der Waals surface area contributed by atoms with Gasteiger partial charge in [0.2, 0.25) is 0 Å². The van der Waals surface area contributed by atoms with E-state index < -0.39 is 11.9 Å². The first-order valence-corrected chi connectivity index (χ1v) is 9.11. The van der Waals surface area contributed by atoms with Gasteiger partial charge in [-0.25, -0.2) is 4.79 Å². The molecule has 3 aromatic rings. The topological polar surface area (TPSA) is 74.6 Å². The summed E-state index contributed by atoms with van der Waals surface area (Å²) in [5.74, 6) is -1.15. The van der Waals surface area contributed by atoms with Crippen LogP contribution < -0.4 is 0 Å². The van der Waals surface area contributed by atoms with Gasteiger partial charge in [0.15, 0.2) is 0 Å². The molecule has 1 aromatic heterocycles. The van der Waals surface area contributed by atoms with Crippen LogP contribution in [0.5, 0.6) is 0 Å². The van der Waals surface area contributed by atoms with Crippen molar-refractivity contribution in [3.05, 3.63) is 71.4 Å². The number of benzene rings is 2. The summed E-state index contributed by atoms with van der Waals surface area (Å²) in [6.07, 6.45) is 1.58. The largest absolute Gasteiger partial charge is 0.466 e. The molecule has 0 aliphatic rings. The van der Waals surface area contributed by atoms with E-state index in [9.17, 15) is 14.4 Å². The van der Waals surface area contributed by atoms with Crippen molar-refractivity contribution in [2.45, 2.75) is 20.3 Å². The van der Waals surface area contributed by atoms with Crippen molar-refractivity contribution < 1.29 is 23.9 Å². The number of hydrogen-bond acceptors (Lipinski definition) is 5. The molecule has 1 heterocycles. The Kier molecular flexibility index (Phi) is 5.89. The lowest BCUT2D eigenvalue weighted by atomic mass is 10.0. The lowest BCUT2D eigenvalue weighted by Gasteiger charge is -2.11.